The molecule has 0 aromatic heterocycles. The highest BCUT2D eigenvalue weighted by atomic mass is 19.4. The van der Waals surface area contributed by atoms with Gasteiger partial charge in [-0.15, -0.1) is 0 Å². The van der Waals surface area contributed by atoms with Crippen molar-refractivity contribution < 1.29 is 36.2 Å². The van der Waals surface area contributed by atoms with Crippen molar-refractivity contribution in [2.24, 2.45) is 0 Å². The third kappa shape index (κ3) is 4.12. The van der Waals surface area contributed by atoms with Gasteiger partial charge in [-0.1, -0.05) is 0 Å². The molecule has 0 spiro atoms. The zero-order valence-corrected chi connectivity index (χ0v) is 9.77. The Hall–Kier alpha value is -1.77. The van der Waals surface area contributed by atoms with Gasteiger partial charge in [0.1, 0.15) is 12.4 Å². The molecule has 0 aliphatic carbocycles. The van der Waals surface area contributed by atoms with Crippen molar-refractivity contribution in [1.29, 1.82) is 0 Å². The van der Waals surface area contributed by atoms with Crippen LogP contribution in [0.2, 0.25) is 0 Å². The van der Waals surface area contributed by atoms with Crippen LogP contribution in [-0.2, 0) is 6.18 Å². The predicted octanol–water partition coefficient (Wildman–Crippen LogP) is 2.20. The van der Waals surface area contributed by atoms with Gasteiger partial charge in [-0.3, -0.25) is 4.79 Å². The maximum absolute atomic E-state index is 13.2. The third-order valence-corrected chi connectivity index (χ3v) is 2.28. The van der Waals surface area contributed by atoms with Crippen LogP contribution in [-0.4, -0.2) is 30.1 Å². The molecular weight excluding hydrogens is 292 g/mol. The Kier molecular flexibility index (Phi) is 4.64. The summed E-state index contributed by atoms with van der Waals surface area (Å²) in [5.41, 5.74) is -2.29. The van der Waals surface area contributed by atoms with Gasteiger partial charge in [0.05, 0.1) is 17.7 Å². The summed E-state index contributed by atoms with van der Waals surface area (Å²) in [7, 11) is 0. The average molecular weight is 301 g/mol. The van der Waals surface area contributed by atoms with E-state index in [-0.39, 0.29) is 6.07 Å². The number of carbonyl (C=O) groups is 1. The summed E-state index contributed by atoms with van der Waals surface area (Å²) >= 11 is 0. The monoisotopic (exact) mass is 301 g/mol. The molecule has 0 unspecified atom stereocenters. The lowest BCUT2D eigenvalue weighted by Crippen LogP contribution is -2.39. The highest BCUT2D eigenvalue weighted by Gasteiger charge is 2.33. The number of aliphatic hydroxyl groups excluding tert-OH is 1. The Morgan fingerprint density at radius 3 is 2.30 bits per heavy atom. The Morgan fingerprint density at radius 1 is 1.20 bits per heavy atom. The van der Waals surface area contributed by atoms with Gasteiger partial charge >= 0.3 is 6.18 Å². The van der Waals surface area contributed by atoms with E-state index < -0.39 is 48.1 Å². The number of amides is 1. The summed E-state index contributed by atoms with van der Waals surface area (Å²) in [6.45, 7) is -2.88. The summed E-state index contributed by atoms with van der Waals surface area (Å²) in [4.78, 5) is 11.4. The fraction of sp³-hybridized carbons (Fsp3) is 0.364. The summed E-state index contributed by atoms with van der Waals surface area (Å²) in [6, 6.07) is 1.07. The fourth-order valence-corrected chi connectivity index (χ4v) is 1.24. The molecule has 2 N–H and O–H groups in total. The normalized spacial score (nSPS) is 12.3. The molecule has 1 rings (SSSR count). The molecule has 0 heterocycles. The number of hydrogen-bond donors (Lipinski definition) is 2. The van der Waals surface area contributed by atoms with E-state index >= 15 is 0 Å². The Balaban J connectivity index is 2.93. The maximum atomic E-state index is 13.2. The number of rotatable bonds is 4. The van der Waals surface area contributed by atoms with E-state index in [1.54, 1.807) is 5.32 Å². The topological polar surface area (TPSA) is 49.3 Å². The van der Waals surface area contributed by atoms with E-state index in [1.807, 2.05) is 0 Å². The molecule has 1 amide bonds. The molecule has 1 aromatic rings. The molecule has 0 aliphatic rings. The van der Waals surface area contributed by atoms with Crippen LogP contribution >= 0.6 is 0 Å². The standard InChI is InChI=1S/C11H9F6NO2/c12-8-2-1-6(11(15,16)17)3-7(8)9(20)18-4-10(13,14)5-19/h1-3,19H,4-5H2,(H,18,20). The molecule has 1 aromatic carbocycles. The molecule has 0 bridgehead atoms. The Labute approximate surface area is 109 Å². The molecule has 0 saturated carbocycles. The van der Waals surface area contributed by atoms with E-state index in [0.717, 1.165) is 0 Å². The summed E-state index contributed by atoms with van der Waals surface area (Å²) in [6.07, 6.45) is -4.79. The van der Waals surface area contributed by atoms with Crippen LogP contribution in [0.1, 0.15) is 15.9 Å². The van der Waals surface area contributed by atoms with Crippen molar-refractivity contribution in [3.8, 4) is 0 Å². The number of halogens is 6. The highest BCUT2D eigenvalue weighted by Crippen LogP contribution is 2.30. The first-order valence-electron chi connectivity index (χ1n) is 5.20. The maximum Gasteiger partial charge on any atom is 0.416 e. The van der Waals surface area contributed by atoms with E-state index in [9.17, 15) is 31.1 Å². The molecule has 0 radical (unpaired) electrons. The minimum Gasteiger partial charge on any atom is -0.390 e. The summed E-state index contributed by atoms with van der Waals surface area (Å²) < 4.78 is 75.7. The second kappa shape index (κ2) is 5.70. The lowest BCUT2D eigenvalue weighted by Gasteiger charge is -2.15. The van der Waals surface area contributed by atoms with Crippen molar-refractivity contribution in [2.45, 2.75) is 12.1 Å². The van der Waals surface area contributed by atoms with Crippen molar-refractivity contribution >= 4 is 5.91 Å². The SMILES string of the molecule is O=C(NCC(F)(F)CO)c1cc(C(F)(F)F)ccc1F. The summed E-state index contributed by atoms with van der Waals surface area (Å²) in [5.74, 6) is -6.35. The van der Waals surface area contributed by atoms with Crippen molar-refractivity contribution in [1.82, 2.24) is 5.32 Å². The molecular formula is C11H9F6NO2. The van der Waals surface area contributed by atoms with E-state index in [1.165, 1.54) is 0 Å². The quantitative estimate of drug-likeness (QED) is 0.838. The minimum absolute atomic E-state index is 0.224. The van der Waals surface area contributed by atoms with Gasteiger partial charge in [0.15, 0.2) is 0 Å². The van der Waals surface area contributed by atoms with Crippen LogP contribution in [0.5, 0.6) is 0 Å². The molecule has 9 heteroatoms. The van der Waals surface area contributed by atoms with Gasteiger partial charge in [-0.2, -0.15) is 13.2 Å². The highest BCUT2D eigenvalue weighted by molar-refractivity contribution is 5.94. The van der Waals surface area contributed by atoms with Gasteiger partial charge < -0.3 is 10.4 Å². The van der Waals surface area contributed by atoms with Gasteiger partial charge in [0, 0.05) is 0 Å². The van der Waals surface area contributed by atoms with E-state index in [4.69, 9.17) is 5.11 Å². The molecule has 0 saturated heterocycles. The second-order valence-corrected chi connectivity index (χ2v) is 3.89. The minimum atomic E-state index is -4.79. The average Bonchev–Trinajstić information content (AvgIpc) is 2.35. The van der Waals surface area contributed by atoms with Crippen LogP contribution in [0.4, 0.5) is 26.3 Å². The first-order chi connectivity index (χ1) is 9.07. The van der Waals surface area contributed by atoms with Crippen molar-refractivity contribution in [2.75, 3.05) is 13.2 Å². The largest absolute Gasteiger partial charge is 0.416 e. The van der Waals surface area contributed by atoms with Crippen LogP contribution in [0.3, 0.4) is 0 Å². The van der Waals surface area contributed by atoms with Crippen molar-refractivity contribution in [3.05, 3.63) is 35.1 Å². The van der Waals surface area contributed by atoms with Crippen molar-refractivity contribution in [3.63, 3.8) is 0 Å². The lowest BCUT2D eigenvalue weighted by atomic mass is 10.1. The number of benzene rings is 1. The molecule has 0 atom stereocenters. The van der Waals surface area contributed by atoms with Crippen LogP contribution in [0, 0.1) is 5.82 Å². The Morgan fingerprint density at radius 2 is 1.80 bits per heavy atom. The molecule has 3 nitrogen and oxygen atoms in total. The van der Waals surface area contributed by atoms with Crippen LogP contribution < -0.4 is 5.32 Å². The third-order valence-electron chi connectivity index (χ3n) is 2.28. The number of aliphatic hydroxyl groups is 1. The lowest BCUT2D eigenvalue weighted by molar-refractivity contribution is -0.137. The number of nitrogens with one attached hydrogen (secondary N) is 1. The summed E-state index contributed by atoms with van der Waals surface area (Å²) in [5, 5.41) is 9.81. The first kappa shape index (κ1) is 16.3. The van der Waals surface area contributed by atoms with Gasteiger partial charge in [0.2, 0.25) is 0 Å². The first-order valence-corrected chi connectivity index (χ1v) is 5.20. The van der Waals surface area contributed by atoms with Gasteiger partial charge in [-0.25, -0.2) is 13.2 Å². The zero-order chi connectivity index (χ0) is 15.6. The molecule has 0 fully saturated rings. The van der Waals surface area contributed by atoms with E-state index in [2.05, 4.69) is 0 Å². The smallest absolute Gasteiger partial charge is 0.390 e. The number of carbonyl (C=O) groups excluding carboxylic acids is 1. The zero-order valence-electron chi connectivity index (χ0n) is 9.77. The van der Waals surface area contributed by atoms with Crippen LogP contribution in [0.15, 0.2) is 18.2 Å². The molecule has 20 heavy (non-hydrogen) atoms. The number of hydrogen-bond acceptors (Lipinski definition) is 2. The Bertz CT molecular complexity index is 500. The molecule has 0 aliphatic heterocycles. The van der Waals surface area contributed by atoms with Crippen LogP contribution in [0.25, 0.3) is 0 Å². The number of alkyl halides is 5. The predicted molar refractivity (Wildman–Crippen MR) is 55.8 cm³/mol. The second-order valence-electron chi connectivity index (χ2n) is 3.89. The van der Waals surface area contributed by atoms with E-state index in [0.29, 0.717) is 12.1 Å². The van der Waals surface area contributed by atoms with Gasteiger partial charge in [-0.05, 0) is 18.2 Å². The fourth-order valence-electron chi connectivity index (χ4n) is 1.24. The van der Waals surface area contributed by atoms with Gasteiger partial charge in [0.25, 0.3) is 11.8 Å². The molecule has 112 valence electrons.